The molecule has 0 aromatic heterocycles. The minimum Gasteiger partial charge on any atom is -0.369 e. The van der Waals surface area contributed by atoms with Crippen molar-refractivity contribution in [2.75, 3.05) is 13.2 Å². The smallest absolute Gasteiger partial charge is 0.367 e. The lowest BCUT2D eigenvalue weighted by Crippen LogP contribution is -2.19. The molecular formula is C7H14O4. The highest BCUT2D eigenvalue weighted by atomic mass is 17.1. The van der Waals surface area contributed by atoms with Crippen molar-refractivity contribution in [1.82, 2.24) is 0 Å². The quantitative estimate of drug-likeness (QED) is 0.498. The summed E-state index contributed by atoms with van der Waals surface area (Å²) in [6, 6.07) is 0. The Morgan fingerprint density at radius 3 is 2.36 bits per heavy atom. The first-order valence-electron chi connectivity index (χ1n) is 3.38. The first-order valence-corrected chi connectivity index (χ1v) is 3.38. The maximum Gasteiger partial charge on any atom is 0.367 e. The van der Waals surface area contributed by atoms with Crippen molar-refractivity contribution in [1.29, 1.82) is 0 Å². The van der Waals surface area contributed by atoms with E-state index in [-0.39, 0.29) is 12.0 Å². The van der Waals surface area contributed by atoms with Crippen molar-refractivity contribution >= 4 is 5.97 Å². The molecule has 0 aliphatic carbocycles. The van der Waals surface area contributed by atoms with Gasteiger partial charge in [-0.1, -0.05) is 20.8 Å². The maximum absolute atomic E-state index is 10.3. The second kappa shape index (κ2) is 4.31. The van der Waals surface area contributed by atoms with E-state index in [0.29, 0.717) is 6.61 Å². The van der Waals surface area contributed by atoms with Gasteiger partial charge in [-0.25, -0.2) is 4.79 Å². The Morgan fingerprint density at radius 1 is 1.45 bits per heavy atom. The third-order valence-electron chi connectivity index (χ3n) is 0.857. The van der Waals surface area contributed by atoms with Crippen LogP contribution in [0.1, 0.15) is 20.8 Å². The van der Waals surface area contributed by atoms with Gasteiger partial charge in [0.15, 0.2) is 0 Å². The summed E-state index contributed by atoms with van der Waals surface area (Å²) in [4.78, 5) is 13.7. The number of hydrogen-bond acceptors (Lipinski definition) is 4. The van der Waals surface area contributed by atoms with E-state index >= 15 is 0 Å². The Labute approximate surface area is 66.0 Å². The summed E-state index contributed by atoms with van der Waals surface area (Å²) in [6.07, 6.45) is 0. The Morgan fingerprint density at radius 2 is 2.00 bits per heavy atom. The molecule has 0 aromatic carbocycles. The van der Waals surface area contributed by atoms with Gasteiger partial charge in [-0.2, -0.15) is 5.26 Å². The molecule has 4 nitrogen and oxygen atoms in total. The van der Waals surface area contributed by atoms with Crippen molar-refractivity contribution in [3.05, 3.63) is 0 Å². The van der Waals surface area contributed by atoms with E-state index in [1.54, 1.807) is 0 Å². The maximum atomic E-state index is 10.3. The van der Waals surface area contributed by atoms with Gasteiger partial charge in [-0.15, -0.1) is 0 Å². The van der Waals surface area contributed by atoms with Crippen LogP contribution in [0.15, 0.2) is 0 Å². The van der Waals surface area contributed by atoms with E-state index in [2.05, 4.69) is 4.89 Å². The molecule has 0 saturated carbocycles. The van der Waals surface area contributed by atoms with Gasteiger partial charge >= 0.3 is 5.97 Å². The summed E-state index contributed by atoms with van der Waals surface area (Å²) in [5.74, 6) is -0.769. The molecule has 0 unspecified atom stereocenters. The lowest BCUT2D eigenvalue weighted by molar-refractivity contribution is -0.238. The highest BCUT2D eigenvalue weighted by Crippen LogP contribution is 2.12. The van der Waals surface area contributed by atoms with Crippen molar-refractivity contribution < 1.29 is 19.7 Å². The average Bonchev–Trinajstić information content (AvgIpc) is 1.85. The van der Waals surface area contributed by atoms with Crippen LogP contribution in [0, 0.1) is 5.41 Å². The molecule has 0 radical (unpaired) electrons. The standard InChI is InChI=1S/C7H14O4/c1-7(2,3)5-10-4-6(8)11-9/h9H,4-5H2,1-3H3. The predicted octanol–water partition coefficient (Wildman–Crippen LogP) is 1.07. The highest BCUT2D eigenvalue weighted by Gasteiger charge is 2.11. The van der Waals surface area contributed by atoms with Crippen LogP contribution in [0.2, 0.25) is 0 Å². The Kier molecular flexibility index (Phi) is 4.07. The van der Waals surface area contributed by atoms with Gasteiger partial charge in [0.2, 0.25) is 0 Å². The fraction of sp³-hybridized carbons (Fsp3) is 0.857. The number of rotatable bonds is 3. The first-order chi connectivity index (χ1) is 4.95. The normalized spacial score (nSPS) is 11.3. The van der Waals surface area contributed by atoms with Crippen molar-refractivity contribution in [2.24, 2.45) is 5.41 Å². The van der Waals surface area contributed by atoms with E-state index < -0.39 is 5.97 Å². The summed E-state index contributed by atoms with van der Waals surface area (Å²) >= 11 is 0. The second-order valence-electron chi connectivity index (χ2n) is 3.52. The van der Waals surface area contributed by atoms with Crippen LogP contribution in [0.25, 0.3) is 0 Å². The number of ether oxygens (including phenoxy) is 1. The number of carbonyl (C=O) groups excluding carboxylic acids is 1. The molecule has 0 heterocycles. The van der Waals surface area contributed by atoms with Gasteiger partial charge in [0.1, 0.15) is 6.61 Å². The van der Waals surface area contributed by atoms with Crippen LogP contribution in [0.3, 0.4) is 0 Å². The van der Waals surface area contributed by atoms with Gasteiger partial charge in [-0.3, -0.25) is 4.89 Å². The number of hydrogen-bond donors (Lipinski definition) is 1. The molecule has 66 valence electrons. The lowest BCUT2D eigenvalue weighted by atomic mass is 9.99. The van der Waals surface area contributed by atoms with Crippen LogP contribution in [-0.2, 0) is 14.4 Å². The third kappa shape index (κ3) is 7.29. The molecule has 0 aliphatic heterocycles. The van der Waals surface area contributed by atoms with E-state index in [0.717, 1.165) is 0 Å². The fourth-order valence-corrected chi connectivity index (χ4v) is 0.467. The van der Waals surface area contributed by atoms with E-state index in [4.69, 9.17) is 9.99 Å². The molecule has 0 spiro atoms. The number of carbonyl (C=O) groups is 1. The second-order valence-corrected chi connectivity index (χ2v) is 3.52. The molecular weight excluding hydrogens is 148 g/mol. The van der Waals surface area contributed by atoms with Crippen LogP contribution in [0.4, 0.5) is 0 Å². The van der Waals surface area contributed by atoms with Crippen molar-refractivity contribution in [2.45, 2.75) is 20.8 Å². The van der Waals surface area contributed by atoms with Gasteiger partial charge in [0, 0.05) is 0 Å². The Bertz CT molecular complexity index is 125. The largest absolute Gasteiger partial charge is 0.369 e. The summed E-state index contributed by atoms with van der Waals surface area (Å²) in [7, 11) is 0. The molecule has 0 fully saturated rings. The molecule has 0 atom stereocenters. The zero-order valence-electron chi connectivity index (χ0n) is 7.09. The molecule has 0 aliphatic rings. The summed E-state index contributed by atoms with van der Waals surface area (Å²) in [5, 5.41) is 7.83. The third-order valence-corrected chi connectivity index (χ3v) is 0.857. The zero-order chi connectivity index (χ0) is 8.91. The van der Waals surface area contributed by atoms with E-state index in [9.17, 15) is 4.79 Å². The molecule has 4 heteroatoms. The molecule has 1 N–H and O–H groups in total. The van der Waals surface area contributed by atoms with Crippen LogP contribution >= 0.6 is 0 Å². The lowest BCUT2D eigenvalue weighted by Gasteiger charge is -2.16. The zero-order valence-corrected chi connectivity index (χ0v) is 7.09. The fourth-order valence-electron chi connectivity index (χ4n) is 0.467. The Hall–Kier alpha value is -0.610. The van der Waals surface area contributed by atoms with Crippen LogP contribution in [0.5, 0.6) is 0 Å². The van der Waals surface area contributed by atoms with Crippen LogP contribution in [-0.4, -0.2) is 24.4 Å². The predicted molar refractivity (Wildman–Crippen MR) is 39.0 cm³/mol. The first kappa shape index (κ1) is 10.4. The van der Waals surface area contributed by atoms with Gasteiger partial charge in [-0.05, 0) is 5.41 Å². The van der Waals surface area contributed by atoms with Crippen LogP contribution < -0.4 is 0 Å². The summed E-state index contributed by atoms with van der Waals surface area (Å²) in [5.41, 5.74) is 0.0235. The van der Waals surface area contributed by atoms with Crippen molar-refractivity contribution in [3.63, 3.8) is 0 Å². The molecule has 0 bridgehead atoms. The highest BCUT2D eigenvalue weighted by molar-refractivity contribution is 5.69. The monoisotopic (exact) mass is 162 g/mol. The van der Waals surface area contributed by atoms with Crippen molar-refractivity contribution in [3.8, 4) is 0 Å². The van der Waals surface area contributed by atoms with Gasteiger partial charge in [0.25, 0.3) is 0 Å². The summed E-state index contributed by atoms with van der Waals surface area (Å²) in [6.45, 7) is 6.21. The van der Waals surface area contributed by atoms with Gasteiger partial charge in [0.05, 0.1) is 6.61 Å². The minimum absolute atomic E-state index is 0.0235. The van der Waals surface area contributed by atoms with Gasteiger partial charge < -0.3 is 4.74 Å². The average molecular weight is 162 g/mol. The topological polar surface area (TPSA) is 55.8 Å². The van der Waals surface area contributed by atoms with E-state index in [1.807, 2.05) is 20.8 Å². The molecule has 11 heavy (non-hydrogen) atoms. The SMILES string of the molecule is CC(C)(C)COCC(=O)OO. The van der Waals surface area contributed by atoms with E-state index in [1.165, 1.54) is 0 Å². The minimum atomic E-state index is -0.769. The molecule has 0 rings (SSSR count). The molecule has 0 amide bonds. The molecule has 0 saturated heterocycles. The Balaban J connectivity index is 3.35. The molecule has 0 aromatic rings. The summed E-state index contributed by atoms with van der Waals surface area (Å²) < 4.78 is 4.92.